The summed E-state index contributed by atoms with van der Waals surface area (Å²) >= 11 is 1.59. The normalized spacial score (nSPS) is 31.2. The van der Waals surface area contributed by atoms with E-state index >= 15 is 0 Å². The molecular formula is C22H29N5S. The highest BCUT2D eigenvalue weighted by atomic mass is 32.1. The molecule has 3 saturated heterocycles. The van der Waals surface area contributed by atoms with Crippen molar-refractivity contribution in [3.63, 3.8) is 0 Å². The Morgan fingerprint density at radius 2 is 1.82 bits per heavy atom. The molecular weight excluding hydrogens is 366 g/mol. The van der Waals surface area contributed by atoms with Gasteiger partial charge in [0.05, 0.1) is 0 Å². The molecule has 1 aromatic carbocycles. The quantitative estimate of drug-likeness (QED) is 0.838. The first kappa shape index (κ1) is 17.2. The number of benzene rings is 1. The molecule has 3 fully saturated rings. The van der Waals surface area contributed by atoms with Crippen molar-refractivity contribution in [2.24, 2.45) is 0 Å². The van der Waals surface area contributed by atoms with Crippen LogP contribution in [0.3, 0.4) is 0 Å². The number of para-hydroxylation sites is 1. The molecule has 2 unspecified atom stereocenters. The van der Waals surface area contributed by atoms with E-state index in [0.29, 0.717) is 17.5 Å². The second-order valence-corrected chi connectivity index (χ2v) is 9.99. The number of aromatic nitrogens is 2. The summed E-state index contributed by atoms with van der Waals surface area (Å²) in [6.07, 6.45) is 7.85. The lowest BCUT2D eigenvalue weighted by Crippen LogP contribution is -2.54. The highest BCUT2D eigenvalue weighted by Crippen LogP contribution is 2.46. The Morgan fingerprint density at radius 1 is 1.07 bits per heavy atom. The summed E-state index contributed by atoms with van der Waals surface area (Å²) < 4.78 is 4.43. The molecule has 6 rings (SSSR count). The van der Waals surface area contributed by atoms with Gasteiger partial charge in [-0.05, 0) is 70.2 Å². The molecule has 4 aliphatic heterocycles. The third kappa shape index (κ3) is 2.61. The van der Waals surface area contributed by atoms with E-state index in [-0.39, 0.29) is 0 Å². The van der Waals surface area contributed by atoms with Gasteiger partial charge in [0.25, 0.3) is 0 Å². The van der Waals surface area contributed by atoms with Crippen molar-refractivity contribution in [2.45, 2.75) is 69.0 Å². The minimum absolute atomic E-state index is 0.372. The zero-order valence-electron chi connectivity index (χ0n) is 16.6. The maximum atomic E-state index is 4.69. The van der Waals surface area contributed by atoms with Crippen LogP contribution in [0.4, 0.5) is 10.8 Å². The number of fused-ring (bicyclic) bond motifs is 4. The van der Waals surface area contributed by atoms with Crippen LogP contribution in [0.5, 0.6) is 0 Å². The van der Waals surface area contributed by atoms with Crippen LogP contribution in [0.15, 0.2) is 24.3 Å². The first-order chi connectivity index (χ1) is 13.7. The minimum Gasteiger partial charge on any atom is -0.384 e. The molecule has 0 aliphatic carbocycles. The monoisotopic (exact) mass is 395 g/mol. The van der Waals surface area contributed by atoms with Gasteiger partial charge in [-0.15, -0.1) is 0 Å². The first-order valence-electron chi connectivity index (χ1n) is 10.9. The van der Waals surface area contributed by atoms with E-state index in [0.717, 1.165) is 23.5 Å². The van der Waals surface area contributed by atoms with Crippen LogP contribution in [0.2, 0.25) is 0 Å². The zero-order valence-corrected chi connectivity index (χ0v) is 17.4. The molecule has 6 heteroatoms. The van der Waals surface area contributed by atoms with Crippen LogP contribution in [-0.4, -0.2) is 52.0 Å². The lowest BCUT2D eigenvalue weighted by Gasteiger charge is -2.47. The summed E-state index contributed by atoms with van der Waals surface area (Å²) in [5.41, 5.74) is 3.31. The van der Waals surface area contributed by atoms with Crippen LogP contribution in [0.1, 0.15) is 49.9 Å². The molecule has 0 saturated carbocycles. The standard InChI is InChI=1S/C22H29N5S/c1-15-24-21(28-25-15)27-16-6-7-17(27)13-18(12-16)26-10-8-22(9-11-26)14-23-20-5-3-2-4-19(20)22/h2-5,16-18,23H,6-14H2,1H3. The fourth-order valence-corrected chi connectivity index (χ4v) is 7.19. The van der Waals surface area contributed by atoms with Gasteiger partial charge in [-0.25, -0.2) is 4.98 Å². The second kappa shape index (κ2) is 6.42. The molecule has 1 N–H and O–H groups in total. The maximum absolute atomic E-state index is 4.69. The topological polar surface area (TPSA) is 44.3 Å². The van der Waals surface area contributed by atoms with Crippen LogP contribution in [0, 0.1) is 6.92 Å². The summed E-state index contributed by atoms with van der Waals surface area (Å²) in [4.78, 5) is 10.1. The first-order valence-corrected chi connectivity index (χ1v) is 11.7. The fourth-order valence-electron chi connectivity index (χ4n) is 6.37. The van der Waals surface area contributed by atoms with Crippen molar-refractivity contribution < 1.29 is 0 Å². The van der Waals surface area contributed by atoms with Gasteiger partial charge in [0.1, 0.15) is 5.82 Å². The van der Waals surface area contributed by atoms with Gasteiger partial charge in [-0.1, -0.05) is 18.2 Å². The van der Waals surface area contributed by atoms with E-state index in [1.807, 2.05) is 6.92 Å². The van der Waals surface area contributed by atoms with E-state index in [1.54, 1.807) is 17.1 Å². The van der Waals surface area contributed by atoms with Gasteiger partial charge >= 0.3 is 0 Å². The number of nitrogens with one attached hydrogen (secondary N) is 1. The Morgan fingerprint density at radius 3 is 2.54 bits per heavy atom. The fraction of sp³-hybridized carbons (Fsp3) is 0.636. The number of rotatable bonds is 2. The molecule has 5 nitrogen and oxygen atoms in total. The molecule has 1 aromatic heterocycles. The Bertz CT molecular complexity index is 857. The van der Waals surface area contributed by atoms with Crippen molar-refractivity contribution in [1.29, 1.82) is 0 Å². The van der Waals surface area contributed by atoms with Crippen molar-refractivity contribution >= 4 is 22.4 Å². The molecule has 148 valence electrons. The maximum Gasteiger partial charge on any atom is 0.205 e. The van der Waals surface area contributed by atoms with Crippen molar-refractivity contribution in [2.75, 3.05) is 29.9 Å². The Balaban J connectivity index is 1.15. The predicted molar refractivity (Wildman–Crippen MR) is 114 cm³/mol. The average molecular weight is 396 g/mol. The van der Waals surface area contributed by atoms with E-state index in [4.69, 9.17) is 4.98 Å². The number of piperidine rings is 2. The predicted octanol–water partition coefficient (Wildman–Crippen LogP) is 3.81. The van der Waals surface area contributed by atoms with Crippen LogP contribution < -0.4 is 10.2 Å². The van der Waals surface area contributed by atoms with E-state index in [1.165, 1.54) is 57.3 Å². The number of aryl methyl sites for hydroxylation is 1. The third-order valence-electron chi connectivity index (χ3n) is 7.83. The largest absolute Gasteiger partial charge is 0.384 e. The molecule has 2 bridgehead atoms. The Hall–Kier alpha value is -1.66. The number of hydrogen-bond donors (Lipinski definition) is 1. The molecule has 0 amide bonds. The Kier molecular flexibility index (Phi) is 3.95. The van der Waals surface area contributed by atoms with Gasteiger partial charge in [0.15, 0.2) is 0 Å². The van der Waals surface area contributed by atoms with Gasteiger partial charge in [-0.2, -0.15) is 4.37 Å². The summed E-state index contributed by atoms with van der Waals surface area (Å²) in [6, 6.07) is 11.1. The molecule has 4 aliphatic rings. The van der Waals surface area contributed by atoms with Crippen LogP contribution in [0.25, 0.3) is 0 Å². The lowest BCUT2D eigenvalue weighted by molar-refractivity contribution is 0.0962. The van der Waals surface area contributed by atoms with E-state index in [9.17, 15) is 0 Å². The number of likely N-dealkylation sites (tertiary alicyclic amines) is 1. The molecule has 2 aromatic rings. The van der Waals surface area contributed by atoms with Crippen molar-refractivity contribution in [3.8, 4) is 0 Å². The molecule has 5 heterocycles. The van der Waals surface area contributed by atoms with Crippen molar-refractivity contribution in [1.82, 2.24) is 14.3 Å². The highest BCUT2D eigenvalue weighted by Gasteiger charge is 2.46. The third-order valence-corrected chi connectivity index (χ3v) is 8.65. The second-order valence-electron chi connectivity index (χ2n) is 9.26. The minimum atomic E-state index is 0.372. The zero-order chi connectivity index (χ0) is 18.7. The lowest BCUT2D eigenvalue weighted by atomic mass is 9.74. The average Bonchev–Trinajstić information content (AvgIpc) is 3.37. The Labute approximate surface area is 171 Å². The van der Waals surface area contributed by atoms with Crippen LogP contribution in [-0.2, 0) is 5.41 Å². The van der Waals surface area contributed by atoms with E-state index < -0.39 is 0 Å². The number of nitrogens with zero attached hydrogens (tertiary/aromatic N) is 4. The molecule has 0 radical (unpaired) electrons. The van der Waals surface area contributed by atoms with Gasteiger partial charge in [-0.3, -0.25) is 0 Å². The smallest absolute Gasteiger partial charge is 0.205 e. The summed E-state index contributed by atoms with van der Waals surface area (Å²) in [5.74, 6) is 0.924. The molecule has 1 spiro atoms. The van der Waals surface area contributed by atoms with Crippen molar-refractivity contribution in [3.05, 3.63) is 35.7 Å². The van der Waals surface area contributed by atoms with Gasteiger partial charge in [0, 0.05) is 47.3 Å². The summed E-state index contributed by atoms with van der Waals surface area (Å²) in [7, 11) is 0. The highest BCUT2D eigenvalue weighted by molar-refractivity contribution is 7.09. The van der Waals surface area contributed by atoms with Gasteiger partial charge < -0.3 is 15.1 Å². The molecule has 28 heavy (non-hydrogen) atoms. The van der Waals surface area contributed by atoms with E-state index in [2.05, 4.69) is 43.8 Å². The van der Waals surface area contributed by atoms with Crippen LogP contribution >= 0.6 is 11.5 Å². The van der Waals surface area contributed by atoms with Gasteiger partial charge in [0.2, 0.25) is 5.13 Å². The number of anilines is 2. The summed E-state index contributed by atoms with van der Waals surface area (Å²) in [6.45, 7) is 5.63. The SMILES string of the molecule is Cc1nsc(N2C3CCC2CC(N2CCC4(CC2)CNc2ccccc24)C3)n1. The number of hydrogen-bond acceptors (Lipinski definition) is 6. The summed E-state index contributed by atoms with van der Waals surface area (Å²) in [5, 5.41) is 4.83. The molecule has 2 atom stereocenters.